The molecular formula is C12H13BrClNO2. The minimum absolute atomic E-state index is 0.0134. The van der Waals surface area contributed by atoms with Gasteiger partial charge in [0.05, 0.1) is 12.1 Å². The molecule has 1 aromatic carbocycles. The third-order valence-electron chi connectivity index (χ3n) is 3.12. The summed E-state index contributed by atoms with van der Waals surface area (Å²) in [6.45, 7) is -0.0134. The second kappa shape index (κ2) is 4.96. The van der Waals surface area contributed by atoms with Crippen LogP contribution in [-0.4, -0.2) is 23.2 Å². The maximum atomic E-state index is 12.0. The molecule has 1 fully saturated rings. The summed E-state index contributed by atoms with van der Waals surface area (Å²) in [5, 5.41) is 12.7. The zero-order chi connectivity index (χ0) is 12.5. The molecule has 0 spiro atoms. The molecule has 17 heavy (non-hydrogen) atoms. The van der Waals surface area contributed by atoms with Crippen molar-refractivity contribution in [3.05, 3.63) is 33.3 Å². The molecule has 3 nitrogen and oxygen atoms in total. The van der Waals surface area contributed by atoms with Gasteiger partial charge in [-0.05, 0) is 37.5 Å². The quantitative estimate of drug-likeness (QED) is 0.900. The van der Waals surface area contributed by atoms with E-state index in [1.807, 2.05) is 0 Å². The molecule has 0 unspecified atom stereocenters. The van der Waals surface area contributed by atoms with Crippen LogP contribution in [0.5, 0.6) is 0 Å². The first-order valence-electron chi connectivity index (χ1n) is 5.44. The Morgan fingerprint density at radius 3 is 2.65 bits per heavy atom. The van der Waals surface area contributed by atoms with Crippen molar-refractivity contribution in [3.63, 3.8) is 0 Å². The van der Waals surface area contributed by atoms with E-state index in [0.717, 1.165) is 23.7 Å². The summed E-state index contributed by atoms with van der Waals surface area (Å²) in [7, 11) is 0. The Kier molecular flexibility index (Phi) is 3.76. The van der Waals surface area contributed by atoms with E-state index in [4.69, 9.17) is 11.6 Å². The van der Waals surface area contributed by atoms with Crippen molar-refractivity contribution in [2.45, 2.75) is 24.8 Å². The van der Waals surface area contributed by atoms with E-state index >= 15 is 0 Å². The van der Waals surface area contributed by atoms with E-state index < -0.39 is 5.54 Å². The number of carbonyl (C=O) groups is 1. The van der Waals surface area contributed by atoms with Gasteiger partial charge in [-0.2, -0.15) is 0 Å². The number of aliphatic hydroxyl groups excluding tert-OH is 1. The summed E-state index contributed by atoms with van der Waals surface area (Å²) < 4.78 is 0.766. The molecule has 2 N–H and O–H groups in total. The van der Waals surface area contributed by atoms with Gasteiger partial charge in [0.25, 0.3) is 5.91 Å². The minimum Gasteiger partial charge on any atom is -0.394 e. The Morgan fingerprint density at radius 2 is 2.18 bits per heavy atom. The molecule has 92 valence electrons. The first kappa shape index (κ1) is 12.9. The smallest absolute Gasteiger partial charge is 0.251 e. The molecule has 0 bridgehead atoms. The van der Waals surface area contributed by atoms with E-state index in [9.17, 15) is 9.90 Å². The molecule has 1 aliphatic carbocycles. The van der Waals surface area contributed by atoms with Crippen LogP contribution in [0.3, 0.4) is 0 Å². The van der Waals surface area contributed by atoms with Gasteiger partial charge in [0.2, 0.25) is 0 Å². The fourth-order valence-corrected chi connectivity index (χ4v) is 2.78. The van der Waals surface area contributed by atoms with Crippen LogP contribution in [0.25, 0.3) is 0 Å². The molecule has 1 amide bonds. The van der Waals surface area contributed by atoms with Crippen molar-refractivity contribution in [1.82, 2.24) is 5.32 Å². The molecule has 1 aromatic rings. The third kappa shape index (κ3) is 2.81. The van der Waals surface area contributed by atoms with Gasteiger partial charge in [-0.25, -0.2) is 0 Å². The van der Waals surface area contributed by atoms with Crippen LogP contribution in [0.2, 0.25) is 5.02 Å². The summed E-state index contributed by atoms with van der Waals surface area (Å²) in [6.07, 6.45) is 2.70. The highest BCUT2D eigenvalue weighted by Gasteiger charge is 2.37. The zero-order valence-electron chi connectivity index (χ0n) is 9.17. The summed E-state index contributed by atoms with van der Waals surface area (Å²) >= 11 is 9.18. The predicted molar refractivity (Wildman–Crippen MR) is 70.3 cm³/mol. The van der Waals surface area contributed by atoms with Crippen LogP contribution in [0, 0.1) is 0 Å². The number of aliphatic hydroxyl groups is 1. The average Bonchev–Trinajstić information content (AvgIpc) is 2.21. The first-order valence-corrected chi connectivity index (χ1v) is 6.61. The SMILES string of the molecule is O=C(NC1(CO)CCC1)c1cc(Cl)cc(Br)c1. The van der Waals surface area contributed by atoms with E-state index in [1.165, 1.54) is 0 Å². The van der Waals surface area contributed by atoms with E-state index in [0.29, 0.717) is 10.6 Å². The standard InChI is InChI=1S/C12H13BrClNO2/c13-9-4-8(5-10(14)6-9)11(17)15-12(7-16)2-1-3-12/h4-6,16H,1-3,7H2,(H,15,17). The summed E-state index contributed by atoms with van der Waals surface area (Å²) in [5.74, 6) is -0.193. The molecule has 0 aliphatic heterocycles. The number of rotatable bonds is 3. The summed E-state index contributed by atoms with van der Waals surface area (Å²) in [6, 6.07) is 5.06. The van der Waals surface area contributed by atoms with Gasteiger partial charge in [0.15, 0.2) is 0 Å². The Bertz CT molecular complexity index is 420. The second-order valence-corrected chi connectivity index (χ2v) is 5.76. The molecule has 0 saturated heterocycles. The van der Waals surface area contributed by atoms with Gasteiger partial charge in [-0.3, -0.25) is 4.79 Å². The Morgan fingerprint density at radius 1 is 1.47 bits per heavy atom. The van der Waals surface area contributed by atoms with Crippen LogP contribution in [-0.2, 0) is 0 Å². The molecule has 1 saturated carbocycles. The fourth-order valence-electron chi connectivity index (χ4n) is 1.92. The lowest BCUT2D eigenvalue weighted by Gasteiger charge is -2.40. The van der Waals surface area contributed by atoms with Crippen molar-refractivity contribution in [2.24, 2.45) is 0 Å². The summed E-state index contributed by atoms with van der Waals surface area (Å²) in [5.41, 5.74) is 0.0791. The number of benzene rings is 1. The van der Waals surface area contributed by atoms with Crippen LogP contribution < -0.4 is 5.32 Å². The van der Waals surface area contributed by atoms with E-state index in [2.05, 4.69) is 21.2 Å². The number of carbonyl (C=O) groups excluding carboxylic acids is 1. The largest absolute Gasteiger partial charge is 0.394 e. The van der Waals surface area contributed by atoms with Crippen molar-refractivity contribution in [2.75, 3.05) is 6.61 Å². The van der Waals surface area contributed by atoms with Crippen LogP contribution in [0.15, 0.2) is 22.7 Å². The molecule has 0 radical (unpaired) electrons. The third-order valence-corrected chi connectivity index (χ3v) is 3.79. The lowest BCUT2D eigenvalue weighted by atomic mass is 9.77. The van der Waals surface area contributed by atoms with Gasteiger partial charge in [0, 0.05) is 15.1 Å². The zero-order valence-corrected chi connectivity index (χ0v) is 11.5. The van der Waals surface area contributed by atoms with Gasteiger partial charge in [-0.1, -0.05) is 27.5 Å². The second-order valence-electron chi connectivity index (χ2n) is 4.40. The van der Waals surface area contributed by atoms with Crippen molar-refractivity contribution in [1.29, 1.82) is 0 Å². The lowest BCUT2D eigenvalue weighted by molar-refractivity contribution is 0.0641. The van der Waals surface area contributed by atoms with Crippen LogP contribution >= 0.6 is 27.5 Å². The first-order chi connectivity index (χ1) is 8.04. The fraction of sp³-hybridized carbons (Fsp3) is 0.417. The number of nitrogens with one attached hydrogen (secondary N) is 1. The molecule has 1 aliphatic rings. The Labute approximate surface area is 113 Å². The topological polar surface area (TPSA) is 49.3 Å². The maximum absolute atomic E-state index is 12.0. The molecular weight excluding hydrogens is 305 g/mol. The Balaban J connectivity index is 2.14. The van der Waals surface area contributed by atoms with Crippen LogP contribution in [0.4, 0.5) is 0 Å². The van der Waals surface area contributed by atoms with Crippen molar-refractivity contribution >= 4 is 33.4 Å². The average molecular weight is 319 g/mol. The number of halogens is 2. The van der Waals surface area contributed by atoms with E-state index in [-0.39, 0.29) is 12.5 Å². The van der Waals surface area contributed by atoms with Crippen molar-refractivity contribution < 1.29 is 9.90 Å². The maximum Gasteiger partial charge on any atom is 0.251 e. The molecule has 0 heterocycles. The lowest BCUT2D eigenvalue weighted by Crippen LogP contribution is -2.56. The molecule has 2 rings (SSSR count). The van der Waals surface area contributed by atoms with Gasteiger partial charge >= 0.3 is 0 Å². The highest BCUT2D eigenvalue weighted by Crippen LogP contribution is 2.31. The van der Waals surface area contributed by atoms with Crippen LogP contribution in [0.1, 0.15) is 29.6 Å². The molecule has 0 aromatic heterocycles. The highest BCUT2D eigenvalue weighted by atomic mass is 79.9. The minimum atomic E-state index is -0.425. The normalized spacial score (nSPS) is 17.4. The predicted octanol–water partition coefficient (Wildman–Crippen LogP) is 2.75. The van der Waals surface area contributed by atoms with Gasteiger partial charge in [-0.15, -0.1) is 0 Å². The monoisotopic (exact) mass is 317 g/mol. The van der Waals surface area contributed by atoms with Gasteiger partial charge < -0.3 is 10.4 Å². The number of amides is 1. The van der Waals surface area contributed by atoms with E-state index in [1.54, 1.807) is 18.2 Å². The van der Waals surface area contributed by atoms with Gasteiger partial charge in [0.1, 0.15) is 0 Å². The summed E-state index contributed by atoms with van der Waals surface area (Å²) in [4.78, 5) is 12.0. The highest BCUT2D eigenvalue weighted by molar-refractivity contribution is 9.10. The molecule has 5 heteroatoms. The number of hydrogen-bond donors (Lipinski definition) is 2. The van der Waals surface area contributed by atoms with Crippen molar-refractivity contribution in [3.8, 4) is 0 Å². The molecule has 0 atom stereocenters. The Hall–Kier alpha value is -0.580. The number of hydrogen-bond acceptors (Lipinski definition) is 2.